The quantitative estimate of drug-likeness (QED) is 0.403. The van der Waals surface area contributed by atoms with Crippen LogP contribution in [-0.2, 0) is 9.47 Å². The zero-order valence-electron chi connectivity index (χ0n) is 7.67. The maximum Gasteiger partial charge on any atom is 0.163 e. The molecule has 1 saturated heterocycles. The average molecular weight is 187 g/mol. The summed E-state index contributed by atoms with van der Waals surface area (Å²) in [5.41, 5.74) is 8.21. The van der Waals surface area contributed by atoms with E-state index in [0.29, 0.717) is 6.61 Å². The summed E-state index contributed by atoms with van der Waals surface area (Å²) in [7, 11) is 0. The van der Waals surface area contributed by atoms with Crippen molar-refractivity contribution in [2.45, 2.75) is 31.8 Å². The van der Waals surface area contributed by atoms with Gasteiger partial charge in [0.05, 0.1) is 25.4 Å². The largest absolute Gasteiger partial charge is 0.396 e. The number of aliphatic hydroxyl groups is 1. The summed E-state index contributed by atoms with van der Waals surface area (Å²) in [6.07, 6.45) is -0.351. The van der Waals surface area contributed by atoms with Crippen LogP contribution in [0.1, 0.15) is 13.8 Å². The summed E-state index contributed by atoms with van der Waals surface area (Å²) in [5, 5.41) is 12.3. The van der Waals surface area contributed by atoms with E-state index in [-0.39, 0.29) is 12.7 Å². The van der Waals surface area contributed by atoms with Crippen molar-refractivity contribution in [3.8, 4) is 0 Å². The minimum atomic E-state index is -0.650. The molecule has 1 N–H and O–H groups in total. The molecule has 0 amide bonds. The molecule has 1 heterocycles. The van der Waals surface area contributed by atoms with Gasteiger partial charge >= 0.3 is 0 Å². The number of nitrogens with zero attached hydrogens (tertiary/aromatic N) is 3. The fourth-order valence-corrected chi connectivity index (χ4v) is 1.20. The van der Waals surface area contributed by atoms with E-state index in [0.717, 1.165) is 0 Å². The predicted octanol–water partition coefficient (Wildman–Crippen LogP) is 0.809. The Hall–Kier alpha value is -0.810. The molecule has 13 heavy (non-hydrogen) atoms. The predicted molar refractivity (Wildman–Crippen MR) is 44.9 cm³/mol. The maximum absolute atomic E-state index is 8.89. The molecule has 74 valence electrons. The summed E-state index contributed by atoms with van der Waals surface area (Å²) in [4.78, 5) is 2.63. The molecule has 0 aliphatic carbocycles. The second-order valence-electron chi connectivity index (χ2n) is 3.32. The van der Waals surface area contributed by atoms with Gasteiger partial charge in [0.2, 0.25) is 0 Å². The van der Waals surface area contributed by atoms with E-state index in [4.69, 9.17) is 20.1 Å². The number of aliphatic hydroxyl groups excluding tert-OH is 1. The lowest BCUT2D eigenvalue weighted by Crippen LogP contribution is -2.31. The lowest BCUT2D eigenvalue weighted by molar-refractivity contribution is -0.141. The van der Waals surface area contributed by atoms with Crippen LogP contribution in [0.25, 0.3) is 10.4 Å². The minimum absolute atomic E-state index is 0.228. The van der Waals surface area contributed by atoms with Crippen LogP contribution in [-0.4, -0.2) is 36.3 Å². The number of rotatable bonds is 3. The first-order chi connectivity index (χ1) is 6.09. The third-order valence-corrected chi connectivity index (χ3v) is 1.85. The molecule has 2 atom stereocenters. The second-order valence-corrected chi connectivity index (χ2v) is 3.32. The molecule has 0 unspecified atom stereocenters. The van der Waals surface area contributed by atoms with Gasteiger partial charge in [-0.3, -0.25) is 0 Å². The van der Waals surface area contributed by atoms with E-state index in [1.54, 1.807) is 13.8 Å². The van der Waals surface area contributed by atoms with Gasteiger partial charge in [0.1, 0.15) is 0 Å². The zero-order chi connectivity index (χ0) is 9.90. The van der Waals surface area contributed by atoms with Gasteiger partial charge in [0.15, 0.2) is 5.79 Å². The number of hydrogen-bond donors (Lipinski definition) is 1. The molecular weight excluding hydrogens is 174 g/mol. The van der Waals surface area contributed by atoms with Crippen molar-refractivity contribution in [1.82, 2.24) is 0 Å². The SMILES string of the molecule is CC1(C)OC[C@@H]([C@@H](CO)N=[N+]=[N-])O1. The topological polar surface area (TPSA) is 87.5 Å². The lowest BCUT2D eigenvalue weighted by atomic mass is 10.2. The Kier molecular flexibility index (Phi) is 3.11. The van der Waals surface area contributed by atoms with Crippen molar-refractivity contribution >= 4 is 0 Å². The monoisotopic (exact) mass is 187 g/mol. The van der Waals surface area contributed by atoms with Crippen LogP contribution in [0.3, 0.4) is 0 Å². The molecule has 6 heteroatoms. The van der Waals surface area contributed by atoms with E-state index in [2.05, 4.69) is 10.0 Å². The van der Waals surface area contributed by atoms with E-state index in [1.807, 2.05) is 0 Å². The van der Waals surface area contributed by atoms with Crippen molar-refractivity contribution in [2.24, 2.45) is 5.11 Å². The number of hydrogen-bond acceptors (Lipinski definition) is 4. The molecule has 1 fully saturated rings. The van der Waals surface area contributed by atoms with Crippen LogP contribution in [0.2, 0.25) is 0 Å². The van der Waals surface area contributed by atoms with E-state index < -0.39 is 11.8 Å². The van der Waals surface area contributed by atoms with E-state index in [9.17, 15) is 0 Å². The first-order valence-electron chi connectivity index (χ1n) is 4.06. The first-order valence-corrected chi connectivity index (χ1v) is 4.06. The Morgan fingerprint density at radius 3 is 2.85 bits per heavy atom. The summed E-state index contributed by atoms with van der Waals surface area (Å²) < 4.78 is 10.7. The van der Waals surface area contributed by atoms with E-state index >= 15 is 0 Å². The highest BCUT2D eigenvalue weighted by atomic mass is 16.7. The first kappa shape index (κ1) is 10.3. The molecule has 0 saturated carbocycles. The van der Waals surface area contributed by atoms with Crippen molar-refractivity contribution in [1.29, 1.82) is 0 Å². The van der Waals surface area contributed by atoms with Gasteiger partial charge < -0.3 is 14.6 Å². The van der Waals surface area contributed by atoms with E-state index in [1.165, 1.54) is 0 Å². The van der Waals surface area contributed by atoms with Crippen LogP contribution in [0.15, 0.2) is 5.11 Å². The Bertz CT molecular complexity index is 225. The smallest absolute Gasteiger partial charge is 0.163 e. The van der Waals surface area contributed by atoms with Crippen LogP contribution < -0.4 is 0 Å². The molecule has 0 aromatic carbocycles. The Labute approximate surface area is 76.1 Å². The van der Waals surface area contributed by atoms with Gasteiger partial charge in [0, 0.05) is 4.91 Å². The van der Waals surface area contributed by atoms with Crippen molar-refractivity contribution in [2.75, 3.05) is 13.2 Å². The molecular formula is C7H13N3O3. The molecule has 6 nitrogen and oxygen atoms in total. The van der Waals surface area contributed by atoms with Crippen molar-refractivity contribution in [3.05, 3.63) is 10.4 Å². The molecule has 0 radical (unpaired) electrons. The van der Waals surface area contributed by atoms with Crippen LogP contribution in [0.4, 0.5) is 0 Å². The Morgan fingerprint density at radius 1 is 1.77 bits per heavy atom. The Balaban J connectivity index is 2.57. The van der Waals surface area contributed by atoms with Gasteiger partial charge in [-0.15, -0.1) is 0 Å². The van der Waals surface area contributed by atoms with Crippen LogP contribution >= 0.6 is 0 Å². The van der Waals surface area contributed by atoms with Gasteiger partial charge in [-0.1, -0.05) is 5.11 Å². The maximum atomic E-state index is 8.89. The molecule has 1 rings (SSSR count). The van der Waals surface area contributed by atoms with Crippen LogP contribution in [0, 0.1) is 0 Å². The fraction of sp³-hybridized carbons (Fsp3) is 1.00. The highest BCUT2D eigenvalue weighted by Crippen LogP contribution is 2.25. The van der Waals surface area contributed by atoms with Gasteiger partial charge in [-0.25, -0.2) is 0 Å². The summed E-state index contributed by atoms with van der Waals surface area (Å²) in [5.74, 6) is -0.650. The third kappa shape index (κ3) is 2.57. The molecule has 0 bridgehead atoms. The number of ether oxygens (including phenoxy) is 2. The summed E-state index contributed by atoms with van der Waals surface area (Å²) in [6.45, 7) is 3.67. The third-order valence-electron chi connectivity index (χ3n) is 1.85. The van der Waals surface area contributed by atoms with Gasteiger partial charge in [-0.2, -0.15) is 0 Å². The molecule has 0 aromatic rings. The molecule has 0 aromatic heterocycles. The highest BCUT2D eigenvalue weighted by Gasteiger charge is 2.36. The minimum Gasteiger partial charge on any atom is -0.396 e. The molecule has 1 aliphatic rings. The standard InChI is InChI=1S/C7H13N3O3/c1-7(2)12-4-6(13-7)5(3-11)9-10-8/h5-6,11H,3-4H2,1-2H3/t5-,6+/m1/s1. The summed E-state index contributed by atoms with van der Waals surface area (Å²) >= 11 is 0. The van der Waals surface area contributed by atoms with Gasteiger partial charge in [0.25, 0.3) is 0 Å². The lowest BCUT2D eigenvalue weighted by Gasteiger charge is -2.19. The normalized spacial score (nSPS) is 28.1. The molecule has 0 spiro atoms. The van der Waals surface area contributed by atoms with Crippen molar-refractivity contribution < 1.29 is 14.6 Å². The number of azide groups is 1. The average Bonchev–Trinajstić information content (AvgIpc) is 2.42. The van der Waals surface area contributed by atoms with Crippen molar-refractivity contribution in [3.63, 3.8) is 0 Å². The zero-order valence-corrected chi connectivity index (χ0v) is 7.67. The molecule has 1 aliphatic heterocycles. The second kappa shape index (κ2) is 3.93. The fourth-order valence-electron chi connectivity index (χ4n) is 1.20. The van der Waals surface area contributed by atoms with Crippen LogP contribution in [0.5, 0.6) is 0 Å². The Morgan fingerprint density at radius 2 is 2.46 bits per heavy atom. The van der Waals surface area contributed by atoms with Gasteiger partial charge in [-0.05, 0) is 19.4 Å². The highest BCUT2D eigenvalue weighted by molar-refractivity contribution is 4.82. The summed E-state index contributed by atoms with van der Waals surface area (Å²) in [6, 6.07) is -0.563.